The van der Waals surface area contributed by atoms with Gasteiger partial charge in [-0.1, -0.05) is 76.8 Å². The Labute approximate surface area is 239 Å². The molecule has 0 radical (unpaired) electrons. The van der Waals surface area contributed by atoms with Crippen molar-refractivity contribution in [2.75, 3.05) is 19.8 Å². The number of benzene rings is 2. The van der Waals surface area contributed by atoms with Gasteiger partial charge in [-0.3, -0.25) is 0 Å². The van der Waals surface area contributed by atoms with E-state index in [4.69, 9.17) is 33.2 Å². The summed E-state index contributed by atoms with van der Waals surface area (Å²) in [6.07, 6.45) is 13.2. The number of rotatable bonds is 16. The standard InChI is InChI=1S/C22H36O4.C10H12O4/c1-4-6-7-8-9-10-11-12-13-14-18-23-19-16-15-17-20-21(19)26-22(3,25-20)24-5-2;1-3-12-10(2)13-8-6-4-5-7(11)9(8)14-10/h15-17H,4-14,18H2,1-3H3;4-6,11H,3H2,1-2H3. The van der Waals surface area contributed by atoms with Crippen LogP contribution in [0.4, 0.5) is 0 Å². The average molecular weight is 561 g/mol. The summed E-state index contributed by atoms with van der Waals surface area (Å²) in [5.74, 6) is 0.804. The number of aromatic hydroxyl groups is 1. The van der Waals surface area contributed by atoms with Crippen LogP contribution in [0.5, 0.6) is 34.5 Å². The van der Waals surface area contributed by atoms with Crippen molar-refractivity contribution < 1.29 is 38.3 Å². The Morgan fingerprint density at radius 2 is 1.12 bits per heavy atom. The van der Waals surface area contributed by atoms with Crippen LogP contribution in [-0.4, -0.2) is 36.9 Å². The van der Waals surface area contributed by atoms with Gasteiger partial charge in [-0.05, 0) is 44.5 Å². The Morgan fingerprint density at radius 3 is 1.68 bits per heavy atom. The first kappa shape index (κ1) is 31.7. The third kappa shape index (κ3) is 9.37. The van der Waals surface area contributed by atoms with E-state index in [1.165, 1.54) is 57.8 Å². The normalized spacial score (nSPS) is 20.2. The third-order valence-corrected chi connectivity index (χ3v) is 6.64. The molecule has 8 nitrogen and oxygen atoms in total. The molecule has 40 heavy (non-hydrogen) atoms. The molecular weight excluding hydrogens is 512 g/mol. The second-order valence-corrected chi connectivity index (χ2v) is 10.2. The van der Waals surface area contributed by atoms with E-state index in [0.29, 0.717) is 42.8 Å². The number of phenolic OH excluding ortho intramolecular Hbond substituents is 1. The minimum Gasteiger partial charge on any atom is -0.504 e. The highest BCUT2D eigenvalue weighted by Crippen LogP contribution is 2.47. The van der Waals surface area contributed by atoms with Crippen molar-refractivity contribution in [3.63, 3.8) is 0 Å². The number of phenols is 1. The number of ether oxygens (including phenoxy) is 7. The summed E-state index contributed by atoms with van der Waals surface area (Å²) in [6.45, 7) is 11.2. The molecule has 0 amide bonds. The highest BCUT2D eigenvalue weighted by atomic mass is 16.9. The highest BCUT2D eigenvalue weighted by Gasteiger charge is 2.40. The minimum atomic E-state index is -1.12. The zero-order chi connectivity index (χ0) is 28.8. The number of hydrogen-bond donors (Lipinski definition) is 1. The van der Waals surface area contributed by atoms with Crippen LogP contribution < -0.4 is 23.7 Å². The van der Waals surface area contributed by atoms with Gasteiger partial charge >= 0.3 is 11.9 Å². The van der Waals surface area contributed by atoms with Crippen molar-refractivity contribution >= 4 is 0 Å². The Bertz CT molecular complexity index is 1030. The molecule has 2 aromatic carbocycles. The van der Waals surface area contributed by atoms with Crippen molar-refractivity contribution in [1.29, 1.82) is 0 Å². The van der Waals surface area contributed by atoms with E-state index < -0.39 is 11.9 Å². The van der Waals surface area contributed by atoms with E-state index in [0.717, 1.165) is 12.2 Å². The van der Waals surface area contributed by atoms with Gasteiger partial charge in [0, 0.05) is 13.8 Å². The molecule has 0 aromatic heterocycles. The number of para-hydroxylation sites is 2. The smallest absolute Gasteiger partial charge is 0.369 e. The maximum Gasteiger partial charge on any atom is 0.369 e. The minimum absolute atomic E-state index is 0.0610. The lowest BCUT2D eigenvalue weighted by Gasteiger charge is -2.21. The molecule has 0 saturated heterocycles. The lowest BCUT2D eigenvalue weighted by Crippen LogP contribution is -2.37. The second-order valence-electron chi connectivity index (χ2n) is 10.2. The zero-order valence-corrected chi connectivity index (χ0v) is 25.0. The molecule has 4 rings (SSSR count). The van der Waals surface area contributed by atoms with Gasteiger partial charge in [0.15, 0.2) is 23.0 Å². The van der Waals surface area contributed by atoms with E-state index in [-0.39, 0.29) is 5.75 Å². The molecule has 2 heterocycles. The fraction of sp³-hybridized carbons (Fsp3) is 0.625. The predicted molar refractivity (Wildman–Crippen MR) is 154 cm³/mol. The fourth-order valence-corrected chi connectivity index (χ4v) is 4.70. The number of unbranched alkanes of at least 4 members (excludes halogenated alkanes) is 9. The fourth-order valence-electron chi connectivity index (χ4n) is 4.70. The molecule has 0 spiro atoms. The van der Waals surface area contributed by atoms with Gasteiger partial charge in [-0.2, -0.15) is 0 Å². The Kier molecular flexibility index (Phi) is 12.5. The lowest BCUT2D eigenvalue weighted by atomic mass is 10.1. The molecule has 0 fully saturated rings. The summed E-state index contributed by atoms with van der Waals surface area (Å²) < 4.78 is 39.1. The van der Waals surface area contributed by atoms with Crippen LogP contribution in [0.1, 0.15) is 98.8 Å². The van der Waals surface area contributed by atoms with E-state index in [2.05, 4.69) is 6.92 Å². The largest absolute Gasteiger partial charge is 0.504 e. The average Bonchev–Trinajstić information content (AvgIpc) is 3.45. The molecule has 2 unspecified atom stereocenters. The maximum atomic E-state index is 9.47. The van der Waals surface area contributed by atoms with Crippen molar-refractivity contribution in [3.8, 4) is 34.5 Å². The van der Waals surface area contributed by atoms with Crippen molar-refractivity contribution in [2.45, 2.75) is 111 Å². The highest BCUT2D eigenvalue weighted by molar-refractivity contribution is 5.53. The summed E-state index contributed by atoms with van der Waals surface area (Å²) in [7, 11) is 0. The Balaban J connectivity index is 0.000000263. The van der Waals surface area contributed by atoms with E-state index in [9.17, 15) is 5.11 Å². The molecule has 224 valence electrons. The van der Waals surface area contributed by atoms with Gasteiger partial charge in [-0.25, -0.2) is 0 Å². The molecular formula is C32H48O8. The topological polar surface area (TPSA) is 84.8 Å². The predicted octanol–water partition coefficient (Wildman–Crippen LogP) is 8.34. The first-order valence-corrected chi connectivity index (χ1v) is 14.9. The summed E-state index contributed by atoms with van der Waals surface area (Å²) in [6, 6.07) is 10.7. The van der Waals surface area contributed by atoms with Crippen molar-refractivity contribution in [3.05, 3.63) is 36.4 Å². The van der Waals surface area contributed by atoms with Gasteiger partial charge in [0.1, 0.15) is 0 Å². The van der Waals surface area contributed by atoms with Gasteiger partial charge < -0.3 is 38.3 Å². The number of fused-ring (bicyclic) bond motifs is 2. The molecule has 2 aliphatic rings. The van der Waals surface area contributed by atoms with Crippen LogP contribution in [0.25, 0.3) is 0 Å². The van der Waals surface area contributed by atoms with Crippen molar-refractivity contribution in [1.82, 2.24) is 0 Å². The summed E-state index contributed by atoms with van der Waals surface area (Å²) in [5.41, 5.74) is 0. The SMILES string of the molecule is CCCCCCCCCCCCOc1cccc2c1OC(C)(OCC)O2.CCOC1(C)Oc2cccc(O)c2O1. The van der Waals surface area contributed by atoms with Gasteiger partial charge in [0.2, 0.25) is 11.5 Å². The van der Waals surface area contributed by atoms with E-state index in [1.807, 2.05) is 32.0 Å². The summed E-state index contributed by atoms with van der Waals surface area (Å²) in [4.78, 5) is 0. The van der Waals surface area contributed by atoms with Gasteiger partial charge in [-0.15, -0.1) is 0 Å². The van der Waals surface area contributed by atoms with E-state index in [1.54, 1.807) is 32.0 Å². The van der Waals surface area contributed by atoms with Crippen LogP contribution in [0.2, 0.25) is 0 Å². The van der Waals surface area contributed by atoms with Crippen LogP contribution in [-0.2, 0) is 9.47 Å². The molecule has 0 bridgehead atoms. The molecule has 1 N–H and O–H groups in total. The molecule has 0 aliphatic carbocycles. The molecule has 8 heteroatoms. The van der Waals surface area contributed by atoms with Crippen LogP contribution in [0.15, 0.2) is 36.4 Å². The maximum absolute atomic E-state index is 9.47. The van der Waals surface area contributed by atoms with Crippen LogP contribution >= 0.6 is 0 Å². The quantitative estimate of drug-likeness (QED) is 0.205. The first-order chi connectivity index (χ1) is 19.3. The zero-order valence-electron chi connectivity index (χ0n) is 25.0. The van der Waals surface area contributed by atoms with Gasteiger partial charge in [0.25, 0.3) is 0 Å². The van der Waals surface area contributed by atoms with E-state index >= 15 is 0 Å². The molecule has 0 saturated carbocycles. The monoisotopic (exact) mass is 560 g/mol. The molecule has 2 atom stereocenters. The molecule has 2 aliphatic heterocycles. The number of hydrogen-bond acceptors (Lipinski definition) is 8. The Morgan fingerprint density at radius 1 is 0.625 bits per heavy atom. The Hall–Kier alpha value is -2.84. The van der Waals surface area contributed by atoms with Crippen LogP contribution in [0.3, 0.4) is 0 Å². The summed E-state index contributed by atoms with van der Waals surface area (Å²) in [5, 5.41) is 9.47. The van der Waals surface area contributed by atoms with Crippen LogP contribution in [0, 0.1) is 0 Å². The second kappa shape index (κ2) is 15.8. The van der Waals surface area contributed by atoms with Gasteiger partial charge in [0.05, 0.1) is 19.8 Å². The molecule has 2 aromatic rings. The summed E-state index contributed by atoms with van der Waals surface area (Å²) >= 11 is 0. The van der Waals surface area contributed by atoms with Crippen molar-refractivity contribution in [2.24, 2.45) is 0 Å². The lowest BCUT2D eigenvalue weighted by molar-refractivity contribution is -0.267. The third-order valence-electron chi connectivity index (χ3n) is 6.64. The first-order valence-electron chi connectivity index (χ1n) is 14.9.